The minimum atomic E-state index is -0.446. The maximum absolute atomic E-state index is 13.7. The molecule has 0 radical (unpaired) electrons. The molecule has 2 fully saturated rings. The first-order valence-electron chi connectivity index (χ1n) is 14.5. The van der Waals surface area contributed by atoms with Gasteiger partial charge in [-0.3, -0.25) is 4.90 Å². The Hall–Kier alpha value is -3.80. The topological polar surface area (TPSA) is 86.6 Å². The third-order valence-corrected chi connectivity index (χ3v) is 8.65. The first-order valence-corrected chi connectivity index (χ1v) is 14.5. The Kier molecular flexibility index (Phi) is 8.39. The molecule has 0 bridgehead atoms. The highest BCUT2D eigenvalue weighted by Crippen LogP contribution is 2.37. The number of hydrogen-bond acceptors (Lipinski definition) is 5. The zero-order chi connectivity index (χ0) is 29.0. The SMILES string of the molecule is CC1(C)OB(c2ccc(N(C(=O)NCc3ccccc3)C3CCC(Nc4ccc(C#N)cc4)CC3)cc2)OC1(C)C. The Morgan fingerprint density at radius 2 is 1.51 bits per heavy atom. The third kappa shape index (κ3) is 6.58. The molecule has 3 aromatic carbocycles. The molecule has 2 N–H and O–H groups in total. The van der Waals surface area contributed by atoms with Crippen LogP contribution in [0.15, 0.2) is 78.9 Å². The second-order valence-corrected chi connectivity index (χ2v) is 12.0. The lowest BCUT2D eigenvalue weighted by Gasteiger charge is -2.37. The van der Waals surface area contributed by atoms with Crippen molar-refractivity contribution in [1.82, 2.24) is 5.32 Å². The summed E-state index contributed by atoms with van der Waals surface area (Å²) in [4.78, 5) is 15.6. The molecule has 5 rings (SSSR count). The molecular weight excluding hydrogens is 511 g/mol. The first-order chi connectivity index (χ1) is 19.6. The van der Waals surface area contributed by atoms with E-state index in [1.165, 1.54) is 0 Å². The van der Waals surface area contributed by atoms with E-state index in [0.717, 1.165) is 48.1 Å². The van der Waals surface area contributed by atoms with Crippen LogP contribution in [0.2, 0.25) is 0 Å². The minimum Gasteiger partial charge on any atom is -0.399 e. The van der Waals surface area contributed by atoms with Crippen LogP contribution in [0, 0.1) is 11.3 Å². The summed E-state index contributed by atoms with van der Waals surface area (Å²) in [5.74, 6) is 0. The average Bonchev–Trinajstić information content (AvgIpc) is 3.20. The Morgan fingerprint density at radius 1 is 0.902 bits per heavy atom. The minimum absolute atomic E-state index is 0.0764. The molecule has 1 saturated carbocycles. The molecule has 0 unspecified atom stereocenters. The number of rotatable bonds is 7. The van der Waals surface area contributed by atoms with Crippen molar-refractivity contribution in [2.75, 3.05) is 10.2 Å². The standard InChI is InChI=1S/C33H39BN4O3/c1-32(2)33(3,4)41-34(40-32)26-12-18-29(19-13-26)38(31(39)36-23-25-8-6-5-7-9-25)30-20-16-28(17-21-30)37-27-14-10-24(22-35)11-15-27/h5-15,18-19,28,30,37H,16-17,20-21,23H2,1-4H3,(H,36,39). The smallest absolute Gasteiger partial charge is 0.399 e. The predicted octanol–water partition coefficient (Wildman–Crippen LogP) is 6.00. The highest BCUT2D eigenvalue weighted by atomic mass is 16.7. The van der Waals surface area contributed by atoms with Crippen molar-refractivity contribution in [3.05, 3.63) is 90.0 Å². The van der Waals surface area contributed by atoms with Gasteiger partial charge in [0.1, 0.15) is 0 Å². The van der Waals surface area contributed by atoms with E-state index in [2.05, 4.69) is 16.7 Å². The second kappa shape index (κ2) is 12.0. The summed E-state index contributed by atoms with van der Waals surface area (Å²) in [7, 11) is -0.446. The summed E-state index contributed by atoms with van der Waals surface area (Å²) in [6, 6.07) is 28.0. The number of anilines is 2. The van der Waals surface area contributed by atoms with Gasteiger partial charge < -0.3 is 19.9 Å². The summed E-state index contributed by atoms with van der Waals surface area (Å²) >= 11 is 0. The molecule has 212 valence electrons. The van der Waals surface area contributed by atoms with Gasteiger partial charge in [0.2, 0.25) is 0 Å². The van der Waals surface area contributed by atoms with Gasteiger partial charge in [-0.1, -0.05) is 42.5 Å². The number of carbonyl (C=O) groups is 1. The van der Waals surface area contributed by atoms with Gasteiger partial charge in [0.25, 0.3) is 0 Å². The molecule has 3 aromatic rings. The fourth-order valence-corrected chi connectivity index (χ4v) is 5.48. The summed E-state index contributed by atoms with van der Waals surface area (Å²) in [5.41, 5.74) is 3.71. The van der Waals surface area contributed by atoms with Crippen molar-refractivity contribution in [3.63, 3.8) is 0 Å². The number of amides is 2. The summed E-state index contributed by atoms with van der Waals surface area (Å²) in [6.45, 7) is 8.66. The van der Waals surface area contributed by atoms with Gasteiger partial charge in [-0.25, -0.2) is 4.79 Å². The Balaban J connectivity index is 1.29. The normalized spacial score (nSPS) is 21.1. The van der Waals surface area contributed by atoms with E-state index in [4.69, 9.17) is 14.6 Å². The van der Waals surface area contributed by atoms with Crippen LogP contribution in [-0.4, -0.2) is 36.4 Å². The monoisotopic (exact) mass is 550 g/mol. The lowest BCUT2D eigenvalue weighted by Crippen LogP contribution is -2.48. The Bertz CT molecular complexity index is 1350. The lowest BCUT2D eigenvalue weighted by atomic mass is 9.79. The van der Waals surface area contributed by atoms with E-state index >= 15 is 0 Å². The largest absolute Gasteiger partial charge is 0.494 e. The van der Waals surface area contributed by atoms with Crippen molar-refractivity contribution in [3.8, 4) is 6.07 Å². The van der Waals surface area contributed by atoms with Crippen molar-refractivity contribution < 1.29 is 14.1 Å². The number of benzene rings is 3. The van der Waals surface area contributed by atoms with E-state index in [9.17, 15) is 4.79 Å². The predicted molar refractivity (Wildman–Crippen MR) is 164 cm³/mol. The molecule has 41 heavy (non-hydrogen) atoms. The Morgan fingerprint density at radius 3 is 2.10 bits per heavy atom. The Labute approximate surface area is 244 Å². The van der Waals surface area contributed by atoms with Gasteiger partial charge in [-0.15, -0.1) is 0 Å². The van der Waals surface area contributed by atoms with Gasteiger partial charge >= 0.3 is 13.1 Å². The number of urea groups is 1. The molecule has 1 heterocycles. The van der Waals surface area contributed by atoms with E-state index in [-0.39, 0.29) is 12.1 Å². The van der Waals surface area contributed by atoms with Gasteiger partial charge in [-0.2, -0.15) is 5.26 Å². The molecule has 0 spiro atoms. The average molecular weight is 551 g/mol. The van der Waals surface area contributed by atoms with Crippen molar-refractivity contribution >= 4 is 30.0 Å². The maximum Gasteiger partial charge on any atom is 0.494 e. The molecule has 0 aromatic heterocycles. The highest BCUT2D eigenvalue weighted by molar-refractivity contribution is 6.62. The summed E-state index contributed by atoms with van der Waals surface area (Å²) < 4.78 is 12.5. The fraction of sp³-hybridized carbons (Fsp3) is 0.394. The zero-order valence-electron chi connectivity index (χ0n) is 24.4. The second-order valence-electron chi connectivity index (χ2n) is 12.0. The number of carbonyl (C=O) groups excluding carboxylic acids is 1. The zero-order valence-corrected chi connectivity index (χ0v) is 24.4. The van der Waals surface area contributed by atoms with E-state index in [1.807, 2.05) is 111 Å². The van der Waals surface area contributed by atoms with Crippen LogP contribution in [0.25, 0.3) is 0 Å². The number of nitriles is 1. The molecule has 7 nitrogen and oxygen atoms in total. The molecule has 1 aliphatic carbocycles. The highest BCUT2D eigenvalue weighted by Gasteiger charge is 2.51. The van der Waals surface area contributed by atoms with Crippen molar-refractivity contribution in [1.29, 1.82) is 5.26 Å². The number of nitrogens with zero attached hydrogens (tertiary/aromatic N) is 2. The molecule has 1 aliphatic heterocycles. The van der Waals surface area contributed by atoms with Crippen molar-refractivity contribution in [2.45, 2.75) is 83.2 Å². The van der Waals surface area contributed by atoms with Crippen LogP contribution < -0.4 is 21.0 Å². The van der Waals surface area contributed by atoms with Crippen LogP contribution in [0.3, 0.4) is 0 Å². The summed E-state index contributed by atoms with van der Waals surface area (Å²) in [5, 5.41) is 15.8. The first kappa shape index (κ1) is 28.7. The van der Waals surface area contributed by atoms with Gasteiger partial charge in [0.05, 0.1) is 22.8 Å². The quantitative estimate of drug-likeness (QED) is 0.353. The van der Waals surface area contributed by atoms with E-state index < -0.39 is 18.3 Å². The third-order valence-electron chi connectivity index (χ3n) is 8.65. The van der Waals surface area contributed by atoms with Gasteiger partial charge in [0.15, 0.2) is 0 Å². The number of hydrogen-bond donors (Lipinski definition) is 2. The van der Waals surface area contributed by atoms with Crippen LogP contribution in [0.5, 0.6) is 0 Å². The fourth-order valence-electron chi connectivity index (χ4n) is 5.48. The molecule has 2 amide bonds. The maximum atomic E-state index is 13.7. The van der Waals surface area contributed by atoms with E-state index in [1.54, 1.807) is 0 Å². The van der Waals surface area contributed by atoms with E-state index in [0.29, 0.717) is 18.2 Å². The van der Waals surface area contributed by atoms with Gasteiger partial charge in [0, 0.05) is 30.0 Å². The van der Waals surface area contributed by atoms with Crippen LogP contribution in [0.4, 0.5) is 16.2 Å². The number of nitrogens with one attached hydrogen (secondary N) is 2. The van der Waals surface area contributed by atoms with Crippen LogP contribution in [0.1, 0.15) is 64.5 Å². The molecule has 2 aliphatic rings. The van der Waals surface area contributed by atoms with Crippen LogP contribution in [-0.2, 0) is 15.9 Å². The molecule has 1 saturated heterocycles. The molecular formula is C33H39BN4O3. The van der Waals surface area contributed by atoms with Crippen molar-refractivity contribution in [2.24, 2.45) is 0 Å². The molecule has 0 atom stereocenters. The van der Waals surface area contributed by atoms with Crippen LogP contribution >= 0.6 is 0 Å². The summed E-state index contributed by atoms with van der Waals surface area (Å²) in [6.07, 6.45) is 3.65. The van der Waals surface area contributed by atoms with Gasteiger partial charge in [-0.05, 0) is 101 Å². The lowest BCUT2D eigenvalue weighted by molar-refractivity contribution is 0.00578. The molecule has 8 heteroatoms.